The zero-order valence-electron chi connectivity index (χ0n) is 32.8. The van der Waals surface area contributed by atoms with Crippen LogP contribution in [0.5, 0.6) is 11.5 Å². The maximum Gasteiger partial charge on any atom is 0.201 e. The lowest BCUT2D eigenvalue weighted by Crippen LogP contribution is -2.12. The van der Waals surface area contributed by atoms with E-state index in [1.165, 1.54) is 80.0 Å². The Hall–Kier alpha value is -4.68. The van der Waals surface area contributed by atoms with E-state index < -0.39 is 23.3 Å². The van der Waals surface area contributed by atoms with Crippen molar-refractivity contribution in [2.45, 2.75) is 109 Å². The third kappa shape index (κ3) is 11.4. The van der Waals surface area contributed by atoms with Crippen molar-refractivity contribution in [3.63, 3.8) is 0 Å². The highest BCUT2D eigenvalue weighted by Crippen LogP contribution is 2.37. The third-order valence-electron chi connectivity index (χ3n) is 11.1. The molecule has 0 aromatic heterocycles. The summed E-state index contributed by atoms with van der Waals surface area (Å²) >= 11 is 0. The molecule has 0 saturated heterocycles. The van der Waals surface area contributed by atoms with Crippen LogP contribution in [0.4, 0.5) is 17.6 Å². The zero-order chi connectivity index (χ0) is 39.2. The van der Waals surface area contributed by atoms with E-state index in [1.54, 1.807) is 0 Å². The molecule has 4 aromatic rings. The third-order valence-corrected chi connectivity index (χ3v) is 11.1. The Bertz CT molecular complexity index is 1950. The van der Waals surface area contributed by atoms with Gasteiger partial charge >= 0.3 is 0 Å². The van der Waals surface area contributed by atoms with Crippen LogP contribution in [0.2, 0.25) is 0 Å². The summed E-state index contributed by atoms with van der Waals surface area (Å²) in [5.74, 6) is 9.61. The van der Waals surface area contributed by atoms with Gasteiger partial charge in [0.05, 0.1) is 25.3 Å². The molecule has 6 heteroatoms. The Morgan fingerprint density at radius 1 is 0.491 bits per heavy atom. The van der Waals surface area contributed by atoms with Crippen LogP contribution in [0.15, 0.2) is 72.8 Å². The first-order chi connectivity index (χ1) is 26.7. The Morgan fingerprint density at radius 3 is 1.25 bits per heavy atom. The van der Waals surface area contributed by atoms with Gasteiger partial charge in [0.2, 0.25) is 11.6 Å². The molecule has 0 atom stereocenters. The number of rotatable bonds is 9. The lowest BCUT2D eigenvalue weighted by Gasteiger charge is -2.26. The van der Waals surface area contributed by atoms with Gasteiger partial charge in [-0.3, -0.25) is 0 Å². The maximum atomic E-state index is 14.0. The number of hydrogen-bond donors (Lipinski definition) is 0. The predicted molar refractivity (Wildman–Crippen MR) is 214 cm³/mol. The fraction of sp³-hybridized carbons (Fsp3) is 0.429. The fourth-order valence-electron chi connectivity index (χ4n) is 7.66. The average molecular weight is 751 g/mol. The number of benzene rings is 4. The van der Waals surface area contributed by atoms with Gasteiger partial charge in [0, 0.05) is 11.8 Å². The molecule has 0 N–H and O–H groups in total. The lowest BCUT2D eigenvalue weighted by atomic mass is 9.78. The van der Waals surface area contributed by atoms with Gasteiger partial charge in [0.25, 0.3) is 0 Å². The summed E-state index contributed by atoms with van der Waals surface area (Å²) < 4.78 is 65.2. The summed E-state index contributed by atoms with van der Waals surface area (Å²) in [6, 6.07) is 23.9. The predicted octanol–water partition coefficient (Wildman–Crippen LogP) is 12.9. The lowest BCUT2D eigenvalue weighted by molar-refractivity contribution is 0.371. The van der Waals surface area contributed by atoms with E-state index in [2.05, 4.69) is 86.1 Å². The summed E-state index contributed by atoms with van der Waals surface area (Å²) in [6.07, 6.45) is 14.3. The van der Waals surface area contributed by atoms with Crippen LogP contribution in [0.3, 0.4) is 0 Å². The smallest absolute Gasteiger partial charge is 0.201 e. The Labute approximate surface area is 326 Å². The Morgan fingerprint density at radius 2 is 0.891 bits per heavy atom. The molecule has 2 saturated carbocycles. The standard InChI is InChI=1S/C25H28F2O.C24H26F2O/c1-3-4-5-18-6-11-20(12-7-18)21-13-8-19(9-14-21)10-15-22-16-17-23(28-2)25(27)24(22)26;1-3-4-17-5-10-19(11-6-17)20-12-7-18(8-13-20)9-14-21-15-16-22(27-2)24(26)23(21)25/h6-7,11-12,16-17,19,21H,3-5,8-9,13-14H2,1-2H3;5-6,10-11,15-16,18,20H,3-4,7-8,12-13H2,1-2H3/t19-,21-;18-,20-. The molecule has 55 heavy (non-hydrogen) atoms. The van der Waals surface area contributed by atoms with Crippen LogP contribution >= 0.6 is 0 Å². The van der Waals surface area contributed by atoms with Gasteiger partial charge in [-0.15, -0.1) is 0 Å². The van der Waals surface area contributed by atoms with Crippen LogP contribution in [0.1, 0.15) is 130 Å². The molecule has 2 aliphatic rings. The molecule has 0 aliphatic heterocycles. The van der Waals surface area contributed by atoms with E-state index in [4.69, 9.17) is 9.47 Å². The molecule has 0 spiro atoms. The van der Waals surface area contributed by atoms with Crippen LogP contribution < -0.4 is 9.47 Å². The van der Waals surface area contributed by atoms with E-state index in [0.717, 1.165) is 64.2 Å². The molecule has 290 valence electrons. The van der Waals surface area contributed by atoms with Gasteiger partial charge < -0.3 is 9.47 Å². The average Bonchev–Trinajstić information content (AvgIpc) is 3.22. The highest BCUT2D eigenvalue weighted by molar-refractivity contribution is 5.42. The molecule has 0 unspecified atom stereocenters. The largest absolute Gasteiger partial charge is 0.494 e. The topological polar surface area (TPSA) is 18.5 Å². The van der Waals surface area contributed by atoms with Gasteiger partial charge in [-0.2, -0.15) is 8.78 Å². The van der Waals surface area contributed by atoms with Crippen molar-refractivity contribution in [3.05, 3.63) is 129 Å². The summed E-state index contributed by atoms with van der Waals surface area (Å²) in [5.41, 5.74) is 5.83. The van der Waals surface area contributed by atoms with E-state index in [9.17, 15) is 17.6 Å². The number of halogens is 4. The van der Waals surface area contributed by atoms with Crippen molar-refractivity contribution in [1.29, 1.82) is 0 Å². The van der Waals surface area contributed by atoms with Crippen LogP contribution in [-0.2, 0) is 12.8 Å². The second-order valence-corrected chi connectivity index (χ2v) is 14.9. The van der Waals surface area contributed by atoms with E-state index in [0.29, 0.717) is 11.8 Å². The number of methoxy groups -OCH3 is 2. The van der Waals surface area contributed by atoms with Crippen LogP contribution in [-0.4, -0.2) is 14.2 Å². The molecule has 0 amide bonds. The molecule has 6 rings (SSSR count). The van der Waals surface area contributed by atoms with E-state index in [1.807, 2.05) is 0 Å². The summed E-state index contributed by atoms with van der Waals surface area (Å²) in [6.45, 7) is 4.41. The molecule has 2 aliphatic carbocycles. The van der Waals surface area contributed by atoms with Gasteiger partial charge in [-0.05, 0) is 129 Å². The summed E-state index contributed by atoms with van der Waals surface area (Å²) in [5, 5.41) is 0. The molecule has 2 fully saturated rings. The minimum Gasteiger partial charge on any atom is -0.494 e. The highest BCUT2D eigenvalue weighted by Gasteiger charge is 2.23. The van der Waals surface area contributed by atoms with Crippen molar-refractivity contribution >= 4 is 0 Å². The number of ether oxygens (including phenoxy) is 2. The minimum absolute atomic E-state index is 0.0933. The van der Waals surface area contributed by atoms with Crippen molar-refractivity contribution in [2.24, 2.45) is 11.8 Å². The van der Waals surface area contributed by atoms with Gasteiger partial charge in [0.1, 0.15) is 0 Å². The highest BCUT2D eigenvalue weighted by atomic mass is 19.2. The van der Waals surface area contributed by atoms with Crippen molar-refractivity contribution in [1.82, 2.24) is 0 Å². The zero-order valence-corrected chi connectivity index (χ0v) is 32.8. The molecule has 0 bridgehead atoms. The summed E-state index contributed by atoms with van der Waals surface area (Å²) in [7, 11) is 2.64. The number of aryl methyl sites for hydroxylation is 2. The van der Waals surface area contributed by atoms with Crippen LogP contribution in [0, 0.1) is 58.8 Å². The quantitative estimate of drug-likeness (QED) is 0.125. The fourth-order valence-corrected chi connectivity index (χ4v) is 7.66. The second-order valence-electron chi connectivity index (χ2n) is 14.9. The molecule has 0 radical (unpaired) electrons. The number of unbranched alkanes of at least 4 members (excludes halogenated alkanes) is 1. The van der Waals surface area contributed by atoms with E-state index in [-0.39, 0.29) is 34.5 Å². The van der Waals surface area contributed by atoms with Crippen LogP contribution in [0.25, 0.3) is 0 Å². The molecular weight excluding hydrogens is 697 g/mol. The first-order valence-electron chi connectivity index (χ1n) is 20.0. The first kappa shape index (κ1) is 41.5. The van der Waals surface area contributed by atoms with E-state index >= 15 is 0 Å². The second kappa shape index (κ2) is 20.8. The molecule has 0 heterocycles. The van der Waals surface area contributed by atoms with Gasteiger partial charge in [0.15, 0.2) is 23.1 Å². The maximum absolute atomic E-state index is 14.0. The van der Waals surface area contributed by atoms with Crippen molar-refractivity contribution in [3.8, 4) is 35.2 Å². The minimum atomic E-state index is -0.973. The Kier molecular flexibility index (Phi) is 15.7. The monoisotopic (exact) mass is 750 g/mol. The molecule has 2 nitrogen and oxygen atoms in total. The SMILES string of the molecule is CCCCc1ccc([C@H]2CC[C@H](C#Cc3ccc(OC)c(F)c3F)CC2)cc1.CCCc1ccc([C@H]2CC[C@H](C#Cc3ccc(OC)c(F)c3F)CC2)cc1. The van der Waals surface area contributed by atoms with Crippen molar-refractivity contribution < 1.29 is 27.0 Å². The normalized spacial score (nSPS) is 19.1. The van der Waals surface area contributed by atoms with Crippen molar-refractivity contribution in [2.75, 3.05) is 14.2 Å². The molecular formula is C49H54F4O2. The summed E-state index contributed by atoms with van der Waals surface area (Å²) in [4.78, 5) is 0. The number of hydrogen-bond acceptors (Lipinski definition) is 2. The first-order valence-corrected chi connectivity index (χ1v) is 20.0. The van der Waals surface area contributed by atoms with Gasteiger partial charge in [-0.1, -0.05) is 98.9 Å². The Balaban J connectivity index is 0.000000211. The van der Waals surface area contributed by atoms with Gasteiger partial charge in [-0.25, -0.2) is 8.78 Å². The molecule has 4 aromatic carbocycles.